The first kappa shape index (κ1) is 27.4. The predicted octanol–water partition coefficient (Wildman–Crippen LogP) is 8.39. The molecule has 1 aliphatic carbocycles. The van der Waals surface area contributed by atoms with Crippen molar-refractivity contribution in [2.24, 2.45) is 5.41 Å². The van der Waals surface area contributed by atoms with Crippen LogP contribution in [0.2, 0.25) is 0 Å². The van der Waals surface area contributed by atoms with E-state index in [1.807, 2.05) is 0 Å². The van der Waals surface area contributed by atoms with Gasteiger partial charge in [-0.05, 0) is 0 Å². The quantitative estimate of drug-likeness (QED) is 0.166. The summed E-state index contributed by atoms with van der Waals surface area (Å²) in [6, 6.07) is 41.8. The first-order valence-corrected chi connectivity index (χ1v) is 24.7. The second-order valence-electron chi connectivity index (χ2n) is 12.3. The monoisotopic (exact) mass is 664 g/mol. The van der Waals surface area contributed by atoms with E-state index in [1.54, 1.807) is 0 Å². The van der Waals surface area contributed by atoms with Gasteiger partial charge in [-0.3, -0.25) is 0 Å². The summed E-state index contributed by atoms with van der Waals surface area (Å²) in [4.78, 5) is 0. The Hall–Kier alpha value is -2.48. The van der Waals surface area contributed by atoms with Gasteiger partial charge in [0, 0.05) is 0 Å². The molecule has 7 rings (SSSR count). The van der Waals surface area contributed by atoms with Crippen molar-refractivity contribution >= 4 is 46.3 Å². The Morgan fingerprint density at radius 3 is 1.98 bits per heavy atom. The number of allylic oxidation sites excluding steroid dienone is 1. The molecular weight excluding hydrogens is 635 g/mol. The van der Waals surface area contributed by atoms with Crippen molar-refractivity contribution in [3.8, 4) is 33.4 Å². The Bertz CT molecular complexity index is 1820. The first-order chi connectivity index (χ1) is 19.7. The van der Waals surface area contributed by atoms with Crippen LogP contribution in [0.3, 0.4) is 0 Å². The molecule has 0 spiro atoms. The molecule has 0 radical (unpaired) electrons. The van der Waals surface area contributed by atoms with Crippen LogP contribution in [0.4, 0.5) is 0 Å². The molecule has 2 aliphatic rings. The standard InChI is InChI=1S/C25H23.C12H9Si.2ClH.Zr/c1-25(2,3)21-16-20-14-15-22(18-10-6-4-7-11-18)24(23(20)17-21)19-12-8-5-9-13-19;1-3-7-11-9(5-1)10-6-2-4-8-12(10)13-11;;;/h4-17H,1-3H3;1-7H,13H2;2*1H;/q;;;;+2/p-2. The number of rotatable bonds is 4. The number of benzene rings is 5. The Labute approximate surface area is 257 Å². The van der Waals surface area contributed by atoms with Gasteiger partial charge < -0.3 is 0 Å². The summed E-state index contributed by atoms with van der Waals surface area (Å²) in [6.07, 6.45) is 2.44. The molecule has 5 aromatic carbocycles. The zero-order chi connectivity index (χ0) is 28.4. The van der Waals surface area contributed by atoms with Crippen molar-refractivity contribution < 1.29 is 17.9 Å². The van der Waals surface area contributed by atoms with Crippen LogP contribution in [-0.2, 0) is 17.9 Å². The summed E-state index contributed by atoms with van der Waals surface area (Å²) in [5.74, 6) is 0. The number of halogens is 2. The van der Waals surface area contributed by atoms with Crippen LogP contribution in [0.5, 0.6) is 0 Å². The second kappa shape index (κ2) is 10.4. The molecule has 0 fully saturated rings. The van der Waals surface area contributed by atoms with Crippen LogP contribution < -0.4 is 13.6 Å². The average molecular weight is 667 g/mol. The molecule has 4 heteroatoms. The second-order valence-corrected chi connectivity index (χ2v) is 28.1. The average Bonchev–Trinajstić information content (AvgIpc) is 3.57. The molecule has 5 aromatic rings. The fourth-order valence-corrected chi connectivity index (χ4v) is 24.0. The van der Waals surface area contributed by atoms with Crippen LogP contribution in [0.25, 0.3) is 39.5 Å². The number of hydrogen-bond acceptors (Lipinski definition) is 0. The van der Waals surface area contributed by atoms with Gasteiger partial charge in [-0.2, -0.15) is 0 Å². The van der Waals surface area contributed by atoms with Crippen LogP contribution in [0.15, 0.2) is 121 Å². The molecule has 41 heavy (non-hydrogen) atoms. The molecule has 0 N–H and O–H groups in total. The third-order valence-electron chi connectivity index (χ3n) is 8.79. The minimum atomic E-state index is -4.08. The van der Waals surface area contributed by atoms with Gasteiger partial charge in [-0.1, -0.05) is 0 Å². The molecule has 0 amide bonds. The van der Waals surface area contributed by atoms with Crippen LogP contribution >= 0.6 is 17.0 Å². The van der Waals surface area contributed by atoms with Crippen LogP contribution in [-0.4, -0.2) is 9.52 Å². The minimum absolute atomic E-state index is 0.0409. The molecule has 0 aromatic heterocycles. The van der Waals surface area contributed by atoms with E-state index in [1.165, 1.54) is 63.7 Å². The van der Waals surface area contributed by atoms with E-state index in [9.17, 15) is 0 Å². The molecule has 0 bridgehead atoms. The first-order valence-electron chi connectivity index (χ1n) is 14.3. The molecule has 0 saturated heterocycles. The molecule has 1 atom stereocenters. The molecule has 202 valence electrons. The fraction of sp³-hybridized carbons (Fsp3) is 0.135. The van der Waals surface area contributed by atoms with E-state index in [0.717, 1.165) is 0 Å². The zero-order valence-corrected chi connectivity index (χ0v) is 29.0. The van der Waals surface area contributed by atoms with Crippen molar-refractivity contribution in [3.63, 3.8) is 0 Å². The summed E-state index contributed by atoms with van der Waals surface area (Å²) in [6.45, 7) is 6.94. The third kappa shape index (κ3) is 4.59. The van der Waals surface area contributed by atoms with E-state index in [-0.39, 0.29) is 9.04 Å². The van der Waals surface area contributed by atoms with Gasteiger partial charge in [-0.25, -0.2) is 0 Å². The Morgan fingerprint density at radius 2 is 1.27 bits per heavy atom. The Morgan fingerprint density at radius 1 is 0.634 bits per heavy atom. The Balaban J connectivity index is 1.46. The van der Waals surface area contributed by atoms with E-state index in [2.05, 4.69) is 142 Å². The summed E-state index contributed by atoms with van der Waals surface area (Å²) in [5.41, 5.74) is 11.6. The van der Waals surface area contributed by atoms with E-state index < -0.39 is 27.4 Å². The van der Waals surface area contributed by atoms with Crippen LogP contribution in [0.1, 0.15) is 35.5 Å². The fourth-order valence-electron chi connectivity index (χ4n) is 6.89. The summed E-state index contributed by atoms with van der Waals surface area (Å²) >= 11 is -4.08. The van der Waals surface area contributed by atoms with Crippen molar-refractivity contribution in [2.75, 3.05) is 0 Å². The van der Waals surface area contributed by atoms with Gasteiger partial charge in [0.15, 0.2) is 0 Å². The SMILES string of the molecule is CC(C)(C)C1=Cc2c(ccc(-c3ccccc3)c2-c2ccccc2)[CH]1[Zr]([Cl])([Cl])[c]1cccc2c1[SiH2]c1ccccc1-2. The van der Waals surface area contributed by atoms with Gasteiger partial charge in [0.05, 0.1) is 0 Å². The van der Waals surface area contributed by atoms with Gasteiger partial charge >= 0.3 is 259 Å². The third-order valence-corrected chi connectivity index (χ3v) is 23.0. The summed E-state index contributed by atoms with van der Waals surface area (Å²) < 4.78 is 1.32. The van der Waals surface area contributed by atoms with Gasteiger partial charge in [-0.15, -0.1) is 0 Å². The molecular formula is C37H32Cl2SiZr. The van der Waals surface area contributed by atoms with Crippen molar-refractivity contribution in [1.29, 1.82) is 0 Å². The number of fused-ring (bicyclic) bond motifs is 4. The van der Waals surface area contributed by atoms with Crippen LogP contribution in [0, 0.1) is 5.41 Å². The van der Waals surface area contributed by atoms with E-state index in [0.29, 0.717) is 0 Å². The topological polar surface area (TPSA) is 0 Å². The van der Waals surface area contributed by atoms with Crippen molar-refractivity contribution in [3.05, 3.63) is 132 Å². The maximum atomic E-state index is 7.93. The van der Waals surface area contributed by atoms with Crippen molar-refractivity contribution in [2.45, 2.75) is 24.4 Å². The predicted molar refractivity (Wildman–Crippen MR) is 179 cm³/mol. The Kier molecular flexibility index (Phi) is 6.91. The maximum absolute atomic E-state index is 7.93. The van der Waals surface area contributed by atoms with Gasteiger partial charge in [0.2, 0.25) is 0 Å². The molecule has 0 nitrogen and oxygen atoms in total. The molecule has 1 aliphatic heterocycles. The normalized spacial score (nSPS) is 16.3. The van der Waals surface area contributed by atoms with E-state index in [4.69, 9.17) is 17.0 Å². The van der Waals surface area contributed by atoms with Gasteiger partial charge in [0.1, 0.15) is 0 Å². The zero-order valence-electron chi connectivity index (χ0n) is 23.6. The molecule has 1 heterocycles. The summed E-state index contributed by atoms with van der Waals surface area (Å²) in [7, 11) is 15.2. The van der Waals surface area contributed by atoms with Crippen molar-refractivity contribution in [1.82, 2.24) is 0 Å². The molecule has 1 unspecified atom stereocenters. The van der Waals surface area contributed by atoms with E-state index >= 15 is 0 Å². The van der Waals surface area contributed by atoms with Gasteiger partial charge in [0.25, 0.3) is 0 Å². The summed E-state index contributed by atoms with van der Waals surface area (Å²) in [5, 5.41) is 2.98. The number of hydrogen-bond donors (Lipinski definition) is 0. The molecule has 0 saturated carbocycles.